The van der Waals surface area contributed by atoms with E-state index in [0.717, 1.165) is 17.0 Å². The molecule has 0 unspecified atom stereocenters. The maximum atomic E-state index is 10.6. The highest BCUT2D eigenvalue weighted by Gasteiger charge is 2.17. The largest absolute Gasteiger partial charge is 0.477 e. The van der Waals surface area contributed by atoms with Crippen LogP contribution in [0.1, 0.15) is 22.5 Å². The molecule has 0 amide bonds. The van der Waals surface area contributed by atoms with Crippen LogP contribution in [-0.4, -0.2) is 11.1 Å². The van der Waals surface area contributed by atoms with Crippen LogP contribution >= 0.6 is 0 Å². The number of hydrogen-bond donors (Lipinski definition) is 1. The van der Waals surface area contributed by atoms with Gasteiger partial charge in [0.2, 0.25) is 6.54 Å². The van der Waals surface area contributed by atoms with Gasteiger partial charge in [-0.25, -0.2) is 23.4 Å². The van der Waals surface area contributed by atoms with Crippen LogP contribution in [0, 0.1) is 37.9 Å². The lowest BCUT2D eigenvalue weighted by molar-refractivity contribution is -2.00. The maximum absolute atomic E-state index is 10.6. The number of hydrogen-bond acceptors (Lipinski definition) is 5. The standard InChI is InChI=1S/C11H15NO2.ClHO4/c1-7-5-8(2)12(6-11(13)14)10(4)9(7)3;2-1(3,4)5/h5H,6H2,1-4H3;(H,2,3,4,5). The highest BCUT2D eigenvalue weighted by atomic mass is 35.7. The Balaban J connectivity index is 0.000000555. The zero-order chi connectivity index (χ0) is 15.4. The van der Waals surface area contributed by atoms with Gasteiger partial charge < -0.3 is 5.11 Å². The van der Waals surface area contributed by atoms with Gasteiger partial charge in [-0.2, -0.15) is 4.57 Å². The summed E-state index contributed by atoms with van der Waals surface area (Å²) >= 11 is 0. The molecule has 1 aromatic heterocycles. The van der Waals surface area contributed by atoms with Crippen molar-refractivity contribution in [1.29, 1.82) is 0 Å². The molecule has 0 fully saturated rings. The van der Waals surface area contributed by atoms with Gasteiger partial charge in [0.05, 0.1) is 0 Å². The molecule has 19 heavy (non-hydrogen) atoms. The Labute approximate surface area is 113 Å². The Bertz CT molecular complexity index is 463. The second-order valence-corrected chi connectivity index (χ2v) is 4.79. The van der Waals surface area contributed by atoms with Gasteiger partial charge in [-0.05, 0) is 19.4 Å². The number of carbonyl (C=O) groups is 1. The number of aryl methyl sites for hydroxylation is 2. The van der Waals surface area contributed by atoms with E-state index in [-0.39, 0.29) is 6.54 Å². The highest BCUT2D eigenvalue weighted by Crippen LogP contribution is 2.09. The molecule has 1 aromatic rings. The molecule has 0 aliphatic rings. The van der Waals surface area contributed by atoms with Crippen LogP contribution in [0.15, 0.2) is 6.07 Å². The number of aliphatic carboxylic acids is 1. The quantitative estimate of drug-likeness (QED) is 0.563. The van der Waals surface area contributed by atoms with E-state index < -0.39 is 16.2 Å². The second-order valence-electron chi connectivity index (χ2n) is 4.04. The Hall–Kier alpha value is -1.25. The first-order valence-electron chi connectivity index (χ1n) is 5.24. The van der Waals surface area contributed by atoms with Gasteiger partial charge in [0, 0.05) is 25.5 Å². The van der Waals surface area contributed by atoms with Crippen LogP contribution in [0.25, 0.3) is 0 Å². The van der Waals surface area contributed by atoms with E-state index in [0.29, 0.717) is 0 Å². The number of carboxylic acid groups (broad SMARTS) is 1. The second kappa shape index (κ2) is 6.78. The summed E-state index contributed by atoms with van der Waals surface area (Å²) in [6, 6.07) is 2.02. The fourth-order valence-electron chi connectivity index (χ4n) is 1.63. The average molecular weight is 294 g/mol. The van der Waals surface area contributed by atoms with E-state index >= 15 is 0 Å². The van der Waals surface area contributed by atoms with E-state index in [9.17, 15) is 4.79 Å². The minimum absolute atomic E-state index is 0.0405. The molecule has 1 heterocycles. The molecule has 1 rings (SSSR count). The zero-order valence-electron chi connectivity index (χ0n) is 11.1. The van der Waals surface area contributed by atoms with Crippen LogP contribution in [0.4, 0.5) is 0 Å². The third-order valence-electron chi connectivity index (χ3n) is 2.68. The van der Waals surface area contributed by atoms with Crippen molar-refractivity contribution in [3.8, 4) is 0 Å². The number of aromatic nitrogens is 1. The number of carboxylic acids is 1. The van der Waals surface area contributed by atoms with Crippen LogP contribution in [0.3, 0.4) is 0 Å². The summed E-state index contributed by atoms with van der Waals surface area (Å²) in [4.78, 5) is 10.6. The molecule has 0 aliphatic heterocycles. The first kappa shape index (κ1) is 17.8. The topological polar surface area (TPSA) is 133 Å². The molecule has 0 aliphatic carbocycles. The number of rotatable bonds is 2. The molecule has 108 valence electrons. The van der Waals surface area contributed by atoms with E-state index in [4.69, 9.17) is 23.7 Å². The van der Waals surface area contributed by atoms with Gasteiger partial charge in [0.15, 0.2) is 11.4 Å². The average Bonchev–Trinajstić information content (AvgIpc) is 2.19. The van der Waals surface area contributed by atoms with Crippen LogP contribution < -0.4 is 23.2 Å². The van der Waals surface area contributed by atoms with Gasteiger partial charge in [-0.15, -0.1) is 10.2 Å². The van der Waals surface area contributed by atoms with Crippen molar-refractivity contribution in [2.24, 2.45) is 0 Å². The molecule has 0 aromatic carbocycles. The molecule has 8 heteroatoms. The van der Waals surface area contributed by atoms with Crippen molar-refractivity contribution in [2.45, 2.75) is 34.2 Å². The molecule has 0 bridgehead atoms. The monoisotopic (exact) mass is 293 g/mol. The Morgan fingerprint density at radius 2 is 1.63 bits per heavy atom. The van der Waals surface area contributed by atoms with Crippen molar-refractivity contribution in [2.75, 3.05) is 0 Å². The molecule has 1 N–H and O–H groups in total. The Kier molecular flexibility index (Phi) is 6.34. The first-order chi connectivity index (χ1) is 8.43. The lowest BCUT2D eigenvalue weighted by Crippen LogP contribution is -2.68. The normalized spacial score (nSPS) is 10.7. The third kappa shape index (κ3) is 7.04. The van der Waals surface area contributed by atoms with Crippen molar-refractivity contribution < 1.29 is 43.3 Å². The molecule has 7 nitrogen and oxygen atoms in total. The minimum Gasteiger partial charge on any atom is -0.477 e. The van der Waals surface area contributed by atoms with E-state index in [1.807, 2.05) is 38.3 Å². The van der Waals surface area contributed by atoms with Crippen LogP contribution in [-0.2, 0) is 11.3 Å². The van der Waals surface area contributed by atoms with E-state index in [1.165, 1.54) is 5.56 Å². The fourth-order valence-corrected chi connectivity index (χ4v) is 1.63. The fraction of sp³-hybridized carbons (Fsp3) is 0.455. The van der Waals surface area contributed by atoms with Gasteiger partial charge in [-0.1, -0.05) is 0 Å². The Morgan fingerprint density at radius 3 is 2.00 bits per heavy atom. The molecule has 0 radical (unpaired) electrons. The summed E-state index contributed by atoms with van der Waals surface area (Å²) in [6.07, 6.45) is 0. The summed E-state index contributed by atoms with van der Waals surface area (Å²) in [5, 5.41) is 8.76. The van der Waals surface area contributed by atoms with Crippen LogP contribution in [0.2, 0.25) is 0 Å². The van der Waals surface area contributed by atoms with Crippen molar-refractivity contribution in [3.63, 3.8) is 0 Å². The molecule has 0 atom stereocenters. The van der Waals surface area contributed by atoms with E-state index in [1.54, 1.807) is 0 Å². The number of pyridine rings is 1. The predicted octanol–water partition coefficient (Wildman–Crippen LogP) is -3.46. The smallest absolute Gasteiger partial charge is 0.370 e. The first-order valence-corrected chi connectivity index (χ1v) is 6.47. The zero-order valence-corrected chi connectivity index (χ0v) is 11.9. The number of halogens is 1. The van der Waals surface area contributed by atoms with Crippen molar-refractivity contribution >= 4 is 5.97 Å². The molecule has 0 saturated carbocycles. The Morgan fingerprint density at radius 1 is 1.21 bits per heavy atom. The van der Waals surface area contributed by atoms with Crippen molar-refractivity contribution in [1.82, 2.24) is 0 Å². The maximum Gasteiger partial charge on any atom is 0.370 e. The molecule has 0 spiro atoms. The molecule has 0 saturated heterocycles. The SMILES string of the molecule is Cc1cc(C)[n+](CC(=O)O)c(C)c1C.[O-][Cl+3]([O-])([O-])[O-]. The van der Waals surface area contributed by atoms with Crippen LogP contribution in [0.5, 0.6) is 0 Å². The summed E-state index contributed by atoms with van der Waals surface area (Å²) in [6.45, 7) is 7.99. The summed E-state index contributed by atoms with van der Waals surface area (Å²) in [5.41, 5.74) is 4.40. The van der Waals surface area contributed by atoms with Crippen molar-refractivity contribution in [3.05, 3.63) is 28.6 Å². The van der Waals surface area contributed by atoms with Gasteiger partial charge in [0.1, 0.15) is 0 Å². The predicted molar refractivity (Wildman–Crippen MR) is 53.2 cm³/mol. The summed E-state index contributed by atoms with van der Waals surface area (Å²) in [7, 11) is -4.94. The van der Waals surface area contributed by atoms with Gasteiger partial charge in [-0.3, -0.25) is 0 Å². The summed E-state index contributed by atoms with van der Waals surface area (Å²) in [5.74, 6) is -0.801. The van der Waals surface area contributed by atoms with E-state index in [2.05, 4.69) is 0 Å². The molecular weight excluding hydrogens is 278 g/mol. The lowest BCUT2D eigenvalue weighted by Gasteiger charge is -2.17. The highest BCUT2D eigenvalue weighted by molar-refractivity contribution is 5.64. The lowest BCUT2D eigenvalue weighted by atomic mass is 10.1. The third-order valence-corrected chi connectivity index (χ3v) is 2.68. The minimum atomic E-state index is -4.94. The molecular formula is C11H16ClNO6. The summed E-state index contributed by atoms with van der Waals surface area (Å²) < 4.78 is 35.8. The number of nitrogens with zero attached hydrogens (tertiary/aromatic N) is 1. The van der Waals surface area contributed by atoms with Gasteiger partial charge >= 0.3 is 5.97 Å². The van der Waals surface area contributed by atoms with Gasteiger partial charge in [0.25, 0.3) is 0 Å².